The topological polar surface area (TPSA) is 87.8 Å². The van der Waals surface area contributed by atoms with E-state index in [2.05, 4.69) is 5.32 Å². The molecule has 0 aliphatic heterocycles. The summed E-state index contributed by atoms with van der Waals surface area (Å²) in [6.45, 7) is 2.87. The Bertz CT molecular complexity index is 167. The van der Waals surface area contributed by atoms with E-state index in [1.165, 1.54) is 0 Å². The number of amides is 1. The number of rotatable bonds is 9. The quantitative estimate of drug-likeness (QED) is 0.417. The summed E-state index contributed by atoms with van der Waals surface area (Å²) in [6.07, 6.45) is 0. The van der Waals surface area contributed by atoms with Crippen LogP contribution in [0.4, 0.5) is 0 Å². The predicted molar refractivity (Wildman–Crippen MR) is 57.5 cm³/mol. The maximum Gasteiger partial charge on any atom is 0.234 e. The summed E-state index contributed by atoms with van der Waals surface area (Å²) in [7, 11) is 1.60. The summed E-state index contributed by atoms with van der Waals surface area (Å²) in [5, 5.41) is 11.5. The number of aliphatic hydroxyl groups excluding tert-OH is 1. The van der Waals surface area contributed by atoms with Crippen molar-refractivity contribution in [2.75, 3.05) is 53.0 Å². The SMILES string of the molecule is COCCN(CCO)CC(=O)NCCN. The van der Waals surface area contributed by atoms with E-state index in [9.17, 15) is 4.79 Å². The van der Waals surface area contributed by atoms with E-state index in [0.717, 1.165) is 0 Å². The Hall–Kier alpha value is -0.690. The predicted octanol–water partition coefficient (Wildman–Crippen LogP) is -2.00. The molecular weight excluding hydrogens is 198 g/mol. The molecule has 0 heterocycles. The molecule has 4 N–H and O–H groups in total. The van der Waals surface area contributed by atoms with Crippen LogP contribution in [0.1, 0.15) is 0 Å². The maximum atomic E-state index is 11.3. The highest BCUT2D eigenvalue weighted by Crippen LogP contribution is 1.87. The van der Waals surface area contributed by atoms with E-state index < -0.39 is 0 Å². The smallest absolute Gasteiger partial charge is 0.234 e. The Balaban J connectivity index is 3.76. The van der Waals surface area contributed by atoms with Crippen LogP contribution in [0.2, 0.25) is 0 Å². The van der Waals surface area contributed by atoms with Crippen LogP contribution < -0.4 is 11.1 Å². The van der Waals surface area contributed by atoms with Gasteiger partial charge in [-0.3, -0.25) is 9.69 Å². The first-order valence-corrected chi connectivity index (χ1v) is 5.03. The highest BCUT2D eigenvalue weighted by atomic mass is 16.5. The van der Waals surface area contributed by atoms with Crippen LogP contribution >= 0.6 is 0 Å². The lowest BCUT2D eigenvalue weighted by atomic mass is 10.4. The van der Waals surface area contributed by atoms with Gasteiger partial charge in [-0.2, -0.15) is 0 Å². The summed E-state index contributed by atoms with van der Waals surface area (Å²) in [5.74, 6) is -0.0787. The summed E-state index contributed by atoms with van der Waals surface area (Å²) < 4.78 is 4.91. The summed E-state index contributed by atoms with van der Waals surface area (Å²) in [6, 6.07) is 0. The van der Waals surface area contributed by atoms with Crippen molar-refractivity contribution in [3.05, 3.63) is 0 Å². The van der Waals surface area contributed by atoms with E-state index in [1.54, 1.807) is 7.11 Å². The molecule has 0 aromatic rings. The molecule has 0 atom stereocenters. The van der Waals surface area contributed by atoms with Gasteiger partial charge in [0.15, 0.2) is 0 Å². The minimum Gasteiger partial charge on any atom is -0.395 e. The van der Waals surface area contributed by atoms with Gasteiger partial charge in [0.25, 0.3) is 0 Å². The van der Waals surface area contributed by atoms with E-state index in [4.69, 9.17) is 15.6 Å². The molecule has 0 saturated carbocycles. The zero-order valence-corrected chi connectivity index (χ0v) is 9.24. The number of nitrogens with two attached hydrogens (primary N) is 1. The van der Waals surface area contributed by atoms with Crippen molar-refractivity contribution in [3.63, 3.8) is 0 Å². The Morgan fingerprint density at radius 1 is 1.53 bits per heavy atom. The molecule has 6 nitrogen and oxygen atoms in total. The minimum absolute atomic E-state index is 0.0356. The van der Waals surface area contributed by atoms with Crippen molar-refractivity contribution in [2.24, 2.45) is 5.73 Å². The fourth-order valence-electron chi connectivity index (χ4n) is 1.10. The molecule has 0 rings (SSSR count). The normalized spacial score (nSPS) is 10.7. The zero-order valence-electron chi connectivity index (χ0n) is 9.24. The number of hydrogen-bond acceptors (Lipinski definition) is 5. The molecule has 0 aliphatic rings. The number of nitrogens with one attached hydrogen (secondary N) is 1. The maximum absolute atomic E-state index is 11.3. The third-order valence-corrected chi connectivity index (χ3v) is 1.86. The molecule has 0 radical (unpaired) electrons. The summed E-state index contributed by atoms with van der Waals surface area (Å²) >= 11 is 0. The number of carbonyl (C=O) groups excluding carboxylic acids is 1. The first-order valence-electron chi connectivity index (χ1n) is 5.03. The van der Waals surface area contributed by atoms with Gasteiger partial charge in [-0.25, -0.2) is 0 Å². The first-order chi connectivity index (χ1) is 7.24. The molecule has 0 aromatic carbocycles. The lowest BCUT2D eigenvalue weighted by molar-refractivity contribution is -0.122. The highest BCUT2D eigenvalue weighted by Gasteiger charge is 2.08. The van der Waals surface area contributed by atoms with Gasteiger partial charge >= 0.3 is 0 Å². The molecule has 0 aromatic heterocycles. The largest absolute Gasteiger partial charge is 0.395 e. The van der Waals surface area contributed by atoms with Crippen molar-refractivity contribution in [2.45, 2.75) is 0 Å². The molecule has 0 bridgehead atoms. The zero-order chi connectivity index (χ0) is 11.5. The summed E-state index contributed by atoms with van der Waals surface area (Å²) in [4.78, 5) is 13.1. The van der Waals surface area contributed by atoms with Crippen LogP contribution in [0.3, 0.4) is 0 Å². The van der Waals surface area contributed by atoms with Gasteiger partial charge in [0.05, 0.1) is 19.8 Å². The van der Waals surface area contributed by atoms with Gasteiger partial charge in [0, 0.05) is 33.3 Å². The molecule has 90 valence electrons. The van der Waals surface area contributed by atoms with E-state index in [0.29, 0.717) is 32.8 Å². The van der Waals surface area contributed by atoms with Crippen LogP contribution in [0.25, 0.3) is 0 Å². The number of carbonyl (C=O) groups is 1. The lowest BCUT2D eigenvalue weighted by Gasteiger charge is -2.19. The average molecular weight is 219 g/mol. The van der Waals surface area contributed by atoms with E-state index >= 15 is 0 Å². The van der Waals surface area contributed by atoms with Gasteiger partial charge in [-0.15, -0.1) is 0 Å². The molecular formula is C9H21N3O3. The Morgan fingerprint density at radius 2 is 2.27 bits per heavy atom. The fraction of sp³-hybridized carbons (Fsp3) is 0.889. The minimum atomic E-state index is -0.0787. The second kappa shape index (κ2) is 9.85. The molecule has 0 unspecified atom stereocenters. The molecule has 15 heavy (non-hydrogen) atoms. The van der Waals surface area contributed by atoms with Gasteiger partial charge in [-0.05, 0) is 0 Å². The van der Waals surface area contributed by atoms with Crippen LogP contribution in [-0.2, 0) is 9.53 Å². The van der Waals surface area contributed by atoms with Gasteiger partial charge in [0.2, 0.25) is 5.91 Å². The van der Waals surface area contributed by atoms with Crippen molar-refractivity contribution < 1.29 is 14.6 Å². The van der Waals surface area contributed by atoms with Crippen molar-refractivity contribution in [3.8, 4) is 0 Å². The number of methoxy groups -OCH3 is 1. The molecule has 0 saturated heterocycles. The van der Waals surface area contributed by atoms with E-state index in [-0.39, 0.29) is 19.1 Å². The molecule has 0 aliphatic carbocycles. The van der Waals surface area contributed by atoms with Gasteiger partial charge in [-0.1, -0.05) is 0 Å². The number of aliphatic hydroxyl groups is 1. The second-order valence-corrected chi connectivity index (χ2v) is 3.13. The van der Waals surface area contributed by atoms with Gasteiger partial charge in [0.1, 0.15) is 0 Å². The monoisotopic (exact) mass is 219 g/mol. The number of hydrogen-bond donors (Lipinski definition) is 3. The Kier molecular flexibility index (Phi) is 9.40. The average Bonchev–Trinajstić information content (AvgIpc) is 2.23. The third-order valence-electron chi connectivity index (χ3n) is 1.86. The summed E-state index contributed by atoms with van der Waals surface area (Å²) in [5.41, 5.74) is 5.26. The number of ether oxygens (including phenoxy) is 1. The van der Waals surface area contributed by atoms with Crippen LogP contribution in [0, 0.1) is 0 Å². The molecule has 6 heteroatoms. The lowest BCUT2D eigenvalue weighted by Crippen LogP contribution is -2.41. The molecule has 0 spiro atoms. The standard InChI is InChI=1S/C9H21N3O3/c1-15-7-5-12(4-6-13)8-9(14)11-3-2-10/h13H,2-8,10H2,1H3,(H,11,14). The fourth-order valence-corrected chi connectivity index (χ4v) is 1.10. The Labute approximate surface area is 90.4 Å². The van der Waals surface area contributed by atoms with Crippen LogP contribution in [-0.4, -0.2) is 69.0 Å². The van der Waals surface area contributed by atoms with E-state index in [1.807, 2.05) is 4.90 Å². The van der Waals surface area contributed by atoms with Crippen molar-refractivity contribution in [1.82, 2.24) is 10.2 Å². The number of nitrogens with zero attached hydrogens (tertiary/aromatic N) is 1. The third kappa shape index (κ3) is 8.31. The molecule has 1 amide bonds. The highest BCUT2D eigenvalue weighted by molar-refractivity contribution is 5.77. The Morgan fingerprint density at radius 3 is 2.80 bits per heavy atom. The van der Waals surface area contributed by atoms with Gasteiger partial charge < -0.3 is 20.9 Å². The second-order valence-electron chi connectivity index (χ2n) is 3.13. The van der Waals surface area contributed by atoms with Crippen molar-refractivity contribution >= 4 is 5.91 Å². The molecule has 0 fully saturated rings. The van der Waals surface area contributed by atoms with Crippen LogP contribution in [0.5, 0.6) is 0 Å². The van der Waals surface area contributed by atoms with Crippen LogP contribution in [0.15, 0.2) is 0 Å². The first kappa shape index (κ1) is 14.3. The van der Waals surface area contributed by atoms with Crippen molar-refractivity contribution in [1.29, 1.82) is 0 Å².